The fraction of sp³-hybridized carbons (Fsp3) is 0.571. The summed E-state index contributed by atoms with van der Waals surface area (Å²) < 4.78 is 0. The predicted molar refractivity (Wildman–Crippen MR) is 71.6 cm³/mol. The van der Waals surface area contributed by atoms with Crippen molar-refractivity contribution in [1.29, 1.82) is 0 Å². The van der Waals surface area contributed by atoms with Gasteiger partial charge in [-0.15, -0.1) is 0 Å². The molecule has 0 aliphatic heterocycles. The lowest BCUT2D eigenvalue weighted by Crippen LogP contribution is -2.11. The van der Waals surface area contributed by atoms with E-state index >= 15 is 0 Å². The Bertz CT molecular complexity index is 379. The third-order valence-electron chi connectivity index (χ3n) is 3.03. The molecule has 4 heteroatoms. The number of nitro groups is 1. The first kappa shape index (κ1) is 14.6. The molecule has 4 nitrogen and oxygen atoms in total. The molecule has 0 bridgehead atoms. The van der Waals surface area contributed by atoms with Crippen LogP contribution in [0.4, 0.5) is 5.69 Å². The fourth-order valence-corrected chi connectivity index (χ4v) is 2.02. The molecule has 0 fully saturated rings. The molecule has 0 radical (unpaired) electrons. The van der Waals surface area contributed by atoms with Gasteiger partial charge in [-0.1, -0.05) is 50.8 Å². The zero-order valence-corrected chi connectivity index (χ0v) is 10.8. The molecular formula is C14H21NO3. The number of unbranched alkanes of at least 4 members (excludes halogenated alkanes) is 3. The molecule has 18 heavy (non-hydrogen) atoms. The van der Waals surface area contributed by atoms with Crippen LogP contribution >= 0.6 is 0 Å². The lowest BCUT2D eigenvalue weighted by molar-refractivity contribution is -0.385. The van der Waals surface area contributed by atoms with Gasteiger partial charge in [0.2, 0.25) is 0 Å². The summed E-state index contributed by atoms with van der Waals surface area (Å²) in [5, 5.41) is 20.7. The smallest absolute Gasteiger partial charge is 0.272 e. The largest absolute Gasteiger partial charge is 0.393 e. The van der Waals surface area contributed by atoms with Crippen molar-refractivity contribution in [3.05, 3.63) is 39.9 Å². The van der Waals surface area contributed by atoms with Crippen LogP contribution in [0.3, 0.4) is 0 Å². The van der Waals surface area contributed by atoms with Gasteiger partial charge in [0.25, 0.3) is 5.69 Å². The van der Waals surface area contributed by atoms with Crippen molar-refractivity contribution in [3.8, 4) is 0 Å². The molecule has 0 saturated carbocycles. The summed E-state index contributed by atoms with van der Waals surface area (Å²) in [4.78, 5) is 10.4. The Morgan fingerprint density at radius 2 is 2.00 bits per heavy atom. The minimum Gasteiger partial charge on any atom is -0.393 e. The lowest BCUT2D eigenvalue weighted by atomic mass is 10.0. The molecule has 1 unspecified atom stereocenters. The van der Waals surface area contributed by atoms with E-state index in [0.29, 0.717) is 18.4 Å². The van der Waals surface area contributed by atoms with Crippen molar-refractivity contribution in [3.63, 3.8) is 0 Å². The van der Waals surface area contributed by atoms with Gasteiger partial charge in [0, 0.05) is 18.1 Å². The highest BCUT2D eigenvalue weighted by molar-refractivity contribution is 5.40. The average Bonchev–Trinajstić information content (AvgIpc) is 2.35. The highest BCUT2D eigenvalue weighted by atomic mass is 16.6. The van der Waals surface area contributed by atoms with Crippen molar-refractivity contribution in [1.82, 2.24) is 0 Å². The second-order valence-electron chi connectivity index (χ2n) is 4.59. The van der Waals surface area contributed by atoms with Gasteiger partial charge in [-0.05, 0) is 6.42 Å². The van der Waals surface area contributed by atoms with Crippen LogP contribution in [0.2, 0.25) is 0 Å². The van der Waals surface area contributed by atoms with E-state index in [9.17, 15) is 15.2 Å². The molecule has 0 spiro atoms. The second-order valence-corrected chi connectivity index (χ2v) is 4.59. The van der Waals surface area contributed by atoms with E-state index in [1.165, 1.54) is 18.9 Å². The number of aliphatic hydroxyl groups is 1. The van der Waals surface area contributed by atoms with E-state index in [1.807, 2.05) is 0 Å². The van der Waals surface area contributed by atoms with E-state index in [1.54, 1.807) is 18.2 Å². The molecule has 0 aliphatic carbocycles. The van der Waals surface area contributed by atoms with E-state index in [0.717, 1.165) is 12.8 Å². The lowest BCUT2D eigenvalue weighted by Gasteiger charge is -2.10. The van der Waals surface area contributed by atoms with Gasteiger partial charge in [0.1, 0.15) is 0 Å². The number of rotatable bonds is 8. The molecule has 1 aromatic carbocycles. The van der Waals surface area contributed by atoms with Crippen molar-refractivity contribution in [2.75, 3.05) is 0 Å². The van der Waals surface area contributed by atoms with Crippen LogP contribution in [-0.4, -0.2) is 16.1 Å². The number of hydrogen-bond donors (Lipinski definition) is 1. The van der Waals surface area contributed by atoms with Crippen molar-refractivity contribution >= 4 is 5.69 Å². The first-order chi connectivity index (χ1) is 8.65. The van der Waals surface area contributed by atoms with E-state index < -0.39 is 6.10 Å². The first-order valence-corrected chi connectivity index (χ1v) is 6.55. The maximum Gasteiger partial charge on any atom is 0.272 e. The summed E-state index contributed by atoms with van der Waals surface area (Å²) in [6.07, 6.45) is 5.04. The van der Waals surface area contributed by atoms with Crippen molar-refractivity contribution in [2.24, 2.45) is 0 Å². The topological polar surface area (TPSA) is 63.4 Å². The van der Waals surface area contributed by atoms with Crippen molar-refractivity contribution in [2.45, 2.75) is 51.6 Å². The number of nitro benzene ring substituents is 1. The highest BCUT2D eigenvalue weighted by Crippen LogP contribution is 2.20. The summed E-state index contributed by atoms with van der Waals surface area (Å²) in [5.41, 5.74) is 0.718. The molecule has 1 aromatic rings. The van der Waals surface area contributed by atoms with E-state index in [4.69, 9.17) is 0 Å². The summed E-state index contributed by atoms with van der Waals surface area (Å²) >= 11 is 0. The molecule has 0 saturated heterocycles. The van der Waals surface area contributed by atoms with Crippen LogP contribution in [0.15, 0.2) is 24.3 Å². The molecule has 1 atom stereocenters. The Labute approximate surface area is 108 Å². The highest BCUT2D eigenvalue weighted by Gasteiger charge is 2.15. The molecule has 1 rings (SSSR count). The van der Waals surface area contributed by atoms with Gasteiger partial charge in [-0.2, -0.15) is 0 Å². The maximum atomic E-state index is 10.8. The number of aliphatic hydroxyl groups excluding tert-OH is 1. The minimum absolute atomic E-state index is 0.102. The van der Waals surface area contributed by atoms with E-state index in [-0.39, 0.29) is 10.6 Å². The molecular weight excluding hydrogens is 230 g/mol. The number of benzene rings is 1. The third-order valence-corrected chi connectivity index (χ3v) is 3.03. The Balaban J connectivity index is 2.48. The summed E-state index contributed by atoms with van der Waals surface area (Å²) in [5.74, 6) is 0. The second kappa shape index (κ2) is 7.82. The summed E-state index contributed by atoms with van der Waals surface area (Å²) in [6.45, 7) is 2.14. The van der Waals surface area contributed by atoms with Gasteiger partial charge < -0.3 is 5.11 Å². The Hall–Kier alpha value is -1.42. The summed E-state index contributed by atoms with van der Waals surface area (Å²) in [6, 6.07) is 6.62. The number of nitrogens with zero attached hydrogens (tertiary/aromatic N) is 1. The molecule has 1 N–H and O–H groups in total. The Morgan fingerprint density at radius 3 is 2.67 bits per heavy atom. The molecule has 100 valence electrons. The number of para-hydroxylation sites is 1. The molecule has 0 aromatic heterocycles. The van der Waals surface area contributed by atoms with Gasteiger partial charge in [0.05, 0.1) is 11.0 Å². The first-order valence-electron chi connectivity index (χ1n) is 6.55. The zero-order chi connectivity index (χ0) is 13.4. The van der Waals surface area contributed by atoms with Crippen molar-refractivity contribution < 1.29 is 10.0 Å². The van der Waals surface area contributed by atoms with Gasteiger partial charge >= 0.3 is 0 Å². The third kappa shape index (κ3) is 4.84. The van der Waals surface area contributed by atoms with Gasteiger partial charge in [-0.25, -0.2) is 0 Å². The minimum atomic E-state index is -0.483. The zero-order valence-electron chi connectivity index (χ0n) is 10.8. The van der Waals surface area contributed by atoms with Crippen LogP contribution in [0.25, 0.3) is 0 Å². The van der Waals surface area contributed by atoms with Gasteiger partial charge in [0.15, 0.2) is 0 Å². The van der Waals surface area contributed by atoms with Crippen LogP contribution in [0.1, 0.15) is 44.6 Å². The average molecular weight is 251 g/mol. The van der Waals surface area contributed by atoms with Crippen LogP contribution < -0.4 is 0 Å². The standard InChI is InChI=1S/C14H21NO3/c1-2-3-4-5-9-13(16)11-12-8-6-7-10-14(12)15(17)18/h6-8,10,13,16H,2-5,9,11H2,1H3. The SMILES string of the molecule is CCCCCCC(O)Cc1ccccc1[N+](=O)[O-]. The van der Waals surface area contributed by atoms with Gasteiger partial charge in [-0.3, -0.25) is 10.1 Å². The maximum absolute atomic E-state index is 10.8. The monoisotopic (exact) mass is 251 g/mol. The normalized spacial score (nSPS) is 12.3. The molecule has 0 aliphatic rings. The fourth-order valence-electron chi connectivity index (χ4n) is 2.02. The van der Waals surface area contributed by atoms with Crippen LogP contribution in [0, 0.1) is 10.1 Å². The Kier molecular flexibility index (Phi) is 6.36. The predicted octanol–water partition coefficient (Wildman–Crippen LogP) is 3.47. The molecule has 0 heterocycles. The quantitative estimate of drug-likeness (QED) is 0.437. The molecule has 0 amide bonds. The van der Waals surface area contributed by atoms with Crippen LogP contribution in [0.5, 0.6) is 0 Å². The Morgan fingerprint density at radius 1 is 1.28 bits per heavy atom. The van der Waals surface area contributed by atoms with Crippen LogP contribution in [-0.2, 0) is 6.42 Å². The number of hydrogen-bond acceptors (Lipinski definition) is 3. The summed E-state index contributed by atoms with van der Waals surface area (Å²) in [7, 11) is 0. The van der Waals surface area contributed by atoms with E-state index in [2.05, 4.69) is 6.92 Å².